The van der Waals surface area contributed by atoms with E-state index in [4.69, 9.17) is 8.83 Å². The van der Waals surface area contributed by atoms with Gasteiger partial charge in [0.1, 0.15) is 22.3 Å². The Kier molecular flexibility index (Phi) is 2.84. The lowest BCUT2D eigenvalue weighted by Gasteiger charge is -2.01. The van der Waals surface area contributed by atoms with Crippen LogP contribution in [0.4, 0.5) is 0 Å². The molecule has 0 N–H and O–H groups in total. The smallest absolute Gasteiger partial charge is 0.136 e. The zero-order valence-electron chi connectivity index (χ0n) is 14.8. The molecule has 0 aliphatic heterocycles. The quantitative estimate of drug-likeness (QED) is 0.308. The third-order valence-electron chi connectivity index (χ3n) is 5.32. The van der Waals surface area contributed by atoms with Gasteiger partial charge >= 0.3 is 0 Å². The summed E-state index contributed by atoms with van der Waals surface area (Å²) in [6.45, 7) is 2.10. The summed E-state index contributed by atoms with van der Waals surface area (Å²) in [5.74, 6) is 0. The van der Waals surface area contributed by atoms with Gasteiger partial charge in [0.15, 0.2) is 0 Å². The molecule has 0 bridgehead atoms. The van der Waals surface area contributed by atoms with Crippen molar-refractivity contribution >= 4 is 43.9 Å². The molecule has 27 heavy (non-hydrogen) atoms. The molecule has 6 rings (SSSR count). The molecule has 0 atom stereocenters. The molecule has 2 nitrogen and oxygen atoms in total. The van der Waals surface area contributed by atoms with E-state index in [0.29, 0.717) is 0 Å². The van der Waals surface area contributed by atoms with E-state index in [2.05, 4.69) is 73.7 Å². The van der Waals surface area contributed by atoms with E-state index in [1.807, 2.05) is 12.1 Å². The molecule has 128 valence electrons. The minimum absolute atomic E-state index is 0.895. The van der Waals surface area contributed by atoms with Gasteiger partial charge in [0.05, 0.1) is 0 Å². The zero-order valence-corrected chi connectivity index (χ0v) is 14.8. The minimum atomic E-state index is 0.895. The molecular formula is C25H16O2. The summed E-state index contributed by atoms with van der Waals surface area (Å²) in [5, 5.41) is 4.44. The van der Waals surface area contributed by atoms with E-state index in [0.717, 1.165) is 43.9 Å². The van der Waals surface area contributed by atoms with Crippen LogP contribution in [-0.4, -0.2) is 0 Å². The fourth-order valence-electron chi connectivity index (χ4n) is 3.97. The molecule has 2 heteroatoms. The van der Waals surface area contributed by atoms with E-state index in [1.54, 1.807) is 0 Å². The van der Waals surface area contributed by atoms with Gasteiger partial charge in [-0.15, -0.1) is 0 Å². The van der Waals surface area contributed by atoms with Gasteiger partial charge < -0.3 is 8.83 Å². The molecule has 0 aliphatic rings. The first kappa shape index (κ1) is 14.6. The van der Waals surface area contributed by atoms with Gasteiger partial charge in [-0.1, -0.05) is 48.0 Å². The second-order valence-electron chi connectivity index (χ2n) is 7.13. The molecule has 6 aromatic rings. The molecule has 0 saturated heterocycles. The summed E-state index contributed by atoms with van der Waals surface area (Å²) >= 11 is 0. The second kappa shape index (κ2) is 5.24. The Morgan fingerprint density at radius 2 is 1.07 bits per heavy atom. The van der Waals surface area contributed by atoms with Gasteiger partial charge in [-0.25, -0.2) is 0 Å². The fourth-order valence-corrected chi connectivity index (χ4v) is 3.97. The van der Waals surface area contributed by atoms with E-state index in [9.17, 15) is 0 Å². The number of rotatable bonds is 1. The van der Waals surface area contributed by atoms with Crippen LogP contribution in [0.2, 0.25) is 0 Å². The van der Waals surface area contributed by atoms with E-state index < -0.39 is 0 Å². The van der Waals surface area contributed by atoms with Crippen molar-refractivity contribution in [2.45, 2.75) is 6.92 Å². The van der Waals surface area contributed by atoms with E-state index >= 15 is 0 Å². The molecule has 0 radical (unpaired) electrons. The number of furan rings is 2. The number of benzene rings is 4. The lowest BCUT2D eigenvalue weighted by molar-refractivity contribution is 0.664. The van der Waals surface area contributed by atoms with Crippen molar-refractivity contribution in [3.05, 3.63) is 84.4 Å². The van der Waals surface area contributed by atoms with Gasteiger partial charge in [0, 0.05) is 21.5 Å². The molecule has 0 unspecified atom stereocenters. The van der Waals surface area contributed by atoms with Crippen molar-refractivity contribution in [1.82, 2.24) is 0 Å². The number of hydrogen-bond donors (Lipinski definition) is 0. The molecule has 4 aromatic carbocycles. The first-order valence-corrected chi connectivity index (χ1v) is 9.11. The monoisotopic (exact) mass is 348 g/mol. The number of fused-ring (bicyclic) bond motifs is 6. The average molecular weight is 348 g/mol. The molecule has 2 aromatic heterocycles. The highest BCUT2D eigenvalue weighted by molar-refractivity contribution is 6.15. The summed E-state index contributed by atoms with van der Waals surface area (Å²) in [7, 11) is 0. The van der Waals surface area contributed by atoms with Gasteiger partial charge in [-0.2, -0.15) is 0 Å². The van der Waals surface area contributed by atoms with Crippen molar-refractivity contribution in [3.63, 3.8) is 0 Å². The van der Waals surface area contributed by atoms with Crippen LogP contribution in [0.15, 0.2) is 87.7 Å². The molecule has 0 amide bonds. The van der Waals surface area contributed by atoms with Gasteiger partial charge in [-0.05, 0) is 54.4 Å². The van der Waals surface area contributed by atoms with E-state index in [1.165, 1.54) is 16.7 Å². The van der Waals surface area contributed by atoms with E-state index in [-0.39, 0.29) is 0 Å². The van der Waals surface area contributed by atoms with Crippen LogP contribution < -0.4 is 0 Å². The summed E-state index contributed by atoms with van der Waals surface area (Å²) < 4.78 is 12.3. The summed E-state index contributed by atoms with van der Waals surface area (Å²) in [6, 6.07) is 27.3. The van der Waals surface area contributed by atoms with Crippen LogP contribution in [0.25, 0.3) is 55.0 Å². The predicted octanol–water partition coefficient (Wildman–Crippen LogP) is 7.46. The maximum atomic E-state index is 6.16. The van der Waals surface area contributed by atoms with Gasteiger partial charge in [-0.3, -0.25) is 0 Å². The average Bonchev–Trinajstić information content (AvgIpc) is 3.23. The van der Waals surface area contributed by atoms with Crippen molar-refractivity contribution in [2.24, 2.45) is 0 Å². The Bertz CT molecular complexity index is 1470. The highest BCUT2D eigenvalue weighted by Crippen LogP contribution is 2.38. The standard InChI is InChI=1S/C25H16O2/c1-15-7-9-22-18(11-15)20-13-25-21(14-24(20)26-22)19-12-17(8-10-23(19)27-25)16-5-3-2-4-6-16/h2-14H,1H3. The Morgan fingerprint density at radius 1 is 0.481 bits per heavy atom. The first-order valence-electron chi connectivity index (χ1n) is 9.11. The van der Waals surface area contributed by atoms with Crippen LogP contribution in [0, 0.1) is 6.92 Å². The number of aryl methyl sites for hydroxylation is 1. The minimum Gasteiger partial charge on any atom is -0.456 e. The van der Waals surface area contributed by atoms with Crippen molar-refractivity contribution in [2.75, 3.05) is 0 Å². The van der Waals surface area contributed by atoms with Crippen LogP contribution >= 0.6 is 0 Å². The SMILES string of the molecule is Cc1ccc2oc3cc4c(cc3c2c1)oc1ccc(-c2ccccc2)cc14. The third kappa shape index (κ3) is 2.13. The van der Waals surface area contributed by atoms with Crippen molar-refractivity contribution < 1.29 is 8.83 Å². The van der Waals surface area contributed by atoms with Gasteiger partial charge in [0.2, 0.25) is 0 Å². The molecule has 0 spiro atoms. The first-order chi connectivity index (χ1) is 13.3. The Balaban J connectivity index is 1.67. The largest absolute Gasteiger partial charge is 0.456 e. The molecule has 0 saturated carbocycles. The Morgan fingerprint density at radius 3 is 1.78 bits per heavy atom. The zero-order chi connectivity index (χ0) is 18.0. The number of hydrogen-bond acceptors (Lipinski definition) is 2. The maximum absolute atomic E-state index is 6.16. The molecule has 2 heterocycles. The lowest BCUT2D eigenvalue weighted by Crippen LogP contribution is -1.76. The molecule has 0 aliphatic carbocycles. The summed E-state index contributed by atoms with van der Waals surface area (Å²) in [5.41, 5.74) is 7.22. The molecule has 0 fully saturated rings. The highest BCUT2D eigenvalue weighted by Gasteiger charge is 2.14. The van der Waals surface area contributed by atoms with Crippen molar-refractivity contribution in [1.29, 1.82) is 0 Å². The Hall–Kier alpha value is -3.52. The summed E-state index contributed by atoms with van der Waals surface area (Å²) in [6.07, 6.45) is 0. The topological polar surface area (TPSA) is 26.3 Å². The fraction of sp³-hybridized carbons (Fsp3) is 0.0400. The Labute approximate surface area is 155 Å². The van der Waals surface area contributed by atoms with Crippen LogP contribution in [0.1, 0.15) is 5.56 Å². The third-order valence-corrected chi connectivity index (χ3v) is 5.32. The van der Waals surface area contributed by atoms with Crippen LogP contribution in [0.3, 0.4) is 0 Å². The predicted molar refractivity (Wildman–Crippen MR) is 111 cm³/mol. The normalized spacial score (nSPS) is 11.9. The van der Waals surface area contributed by atoms with Crippen molar-refractivity contribution in [3.8, 4) is 11.1 Å². The second-order valence-corrected chi connectivity index (χ2v) is 7.13. The van der Waals surface area contributed by atoms with Gasteiger partial charge in [0.25, 0.3) is 0 Å². The van der Waals surface area contributed by atoms with Crippen LogP contribution in [0.5, 0.6) is 0 Å². The highest BCUT2D eigenvalue weighted by atomic mass is 16.3. The summed E-state index contributed by atoms with van der Waals surface area (Å²) in [4.78, 5) is 0. The molecular weight excluding hydrogens is 332 g/mol. The lowest BCUT2D eigenvalue weighted by atomic mass is 10.0. The van der Waals surface area contributed by atoms with Crippen LogP contribution in [-0.2, 0) is 0 Å². The maximum Gasteiger partial charge on any atom is 0.136 e.